The monoisotopic (exact) mass is 284 g/mol. The Labute approximate surface area is 112 Å². The molecule has 0 bridgehead atoms. The summed E-state index contributed by atoms with van der Waals surface area (Å²) in [6.45, 7) is 1.87. The molecule has 0 aromatic heterocycles. The average Bonchev–Trinajstić information content (AvgIpc) is 2.77. The topological polar surface area (TPSA) is 80.7 Å². The fourth-order valence-corrected chi connectivity index (χ4v) is 3.31. The first kappa shape index (κ1) is 14.0. The van der Waals surface area contributed by atoms with Crippen LogP contribution in [0.3, 0.4) is 0 Å². The normalized spacial score (nSPS) is 23.4. The number of carboxylic acid groups (broad SMARTS) is 1. The third-order valence-electron chi connectivity index (χ3n) is 3.31. The number of aryl methyl sites for hydroxylation is 1. The van der Waals surface area contributed by atoms with Crippen LogP contribution in [0.4, 0.5) is 0 Å². The van der Waals surface area contributed by atoms with Gasteiger partial charge in [-0.25, -0.2) is 0 Å². The second kappa shape index (κ2) is 5.30. The summed E-state index contributed by atoms with van der Waals surface area (Å²) in [6.07, 6.45) is 0.638. The van der Waals surface area contributed by atoms with Gasteiger partial charge in [-0.2, -0.15) is 8.42 Å². The molecule has 0 heterocycles. The van der Waals surface area contributed by atoms with Crippen LogP contribution in [-0.4, -0.2) is 25.6 Å². The number of rotatable bonds is 4. The van der Waals surface area contributed by atoms with Gasteiger partial charge in [-0.1, -0.05) is 17.7 Å². The van der Waals surface area contributed by atoms with Gasteiger partial charge in [0.1, 0.15) is 0 Å². The molecule has 19 heavy (non-hydrogen) atoms. The van der Waals surface area contributed by atoms with Crippen molar-refractivity contribution >= 4 is 16.1 Å². The summed E-state index contributed by atoms with van der Waals surface area (Å²) in [5.74, 6) is -1.39. The van der Waals surface area contributed by atoms with Crippen molar-refractivity contribution in [1.29, 1.82) is 0 Å². The van der Waals surface area contributed by atoms with E-state index in [0.29, 0.717) is 12.8 Å². The van der Waals surface area contributed by atoms with Gasteiger partial charge in [0.15, 0.2) is 0 Å². The fourth-order valence-electron chi connectivity index (χ4n) is 2.19. The Bertz CT molecular complexity index is 561. The predicted octanol–water partition coefficient (Wildman–Crippen LogP) is 1.95. The summed E-state index contributed by atoms with van der Waals surface area (Å²) in [6, 6.07) is 6.39. The molecule has 0 saturated heterocycles. The van der Waals surface area contributed by atoms with E-state index in [9.17, 15) is 13.2 Å². The molecule has 0 aliphatic heterocycles. The summed E-state index contributed by atoms with van der Waals surface area (Å²) < 4.78 is 29.1. The molecule has 104 valence electrons. The van der Waals surface area contributed by atoms with Crippen LogP contribution in [-0.2, 0) is 19.1 Å². The van der Waals surface area contributed by atoms with Gasteiger partial charge >= 0.3 is 5.97 Å². The molecule has 1 aliphatic carbocycles. The minimum Gasteiger partial charge on any atom is -0.481 e. The smallest absolute Gasteiger partial charge is 0.306 e. The van der Waals surface area contributed by atoms with Crippen LogP contribution in [0.5, 0.6) is 0 Å². The first-order chi connectivity index (χ1) is 8.88. The van der Waals surface area contributed by atoms with Crippen LogP contribution < -0.4 is 0 Å². The average molecular weight is 284 g/mol. The predicted molar refractivity (Wildman–Crippen MR) is 68.2 cm³/mol. The molecule has 1 saturated carbocycles. The molecule has 0 amide bonds. The maximum atomic E-state index is 12.0. The van der Waals surface area contributed by atoms with Crippen molar-refractivity contribution in [1.82, 2.24) is 0 Å². The Hall–Kier alpha value is -1.40. The molecule has 1 aliphatic rings. The van der Waals surface area contributed by atoms with E-state index in [-0.39, 0.29) is 11.3 Å². The van der Waals surface area contributed by atoms with Gasteiger partial charge in [-0.3, -0.25) is 8.98 Å². The van der Waals surface area contributed by atoms with E-state index < -0.39 is 28.1 Å². The van der Waals surface area contributed by atoms with Crippen LogP contribution in [0.2, 0.25) is 0 Å². The number of hydrogen-bond acceptors (Lipinski definition) is 4. The molecule has 1 aromatic carbocycles. The van der Waals surface area contributed by atoms with Crippen LogP contribution in [0.25, 0.3) is 0 Å². The molecule has 1 N–H and O–H groups in total. The standard InChI is InChI=1S/C13H16O5S/c1-9-2-6-12(7-3-9)19(16,17)18-11-5-4-10(8-11)13(14)15/h2-3,6-7,10-11H,4-5,8H2,1H3,(H,14,15). The second-order valence-electron chi connectivity index (χ2n) is 4.83. The summed E-state index contributed by atoms with van der Waals surface area (Å²) in [7, 11) is -3.80. The number of carbonyl (C=O) groups is 1. The van der Waals surface area contributed by atoms with Crippen LogP contribution in [0.15, 0.2) is 29.2 Å². The molecule has 2 unspecified atom stereocenters. The van der Waals surface area contributed by atoms with E-state index in [1.54, 1.807) is 12.1 Å². The van der Waals surface area contributed by atoms with Gasteiger partial charge in [0.2, 0.25) is 0 Å². The first-order valence-corrected chi connectivity index (χ1v) is 7.52. The summed E-state index contributed by atoms with van der Waals surface area (Å²) in [5, 5.41) is 8.87. The molecule has 5 nitrogen and oxygen atoms in total. The molecule has 1 aromatic rings. The fraction of sp³-hybridized carbons (Fsp3) is 0.462. The summed E-state index contributed by atoms with van der Waals surface area (Å²) in [5.41, 5.74) is 0.964. The maximum absolute atomic E-state index is 12.0. The minimum absolute atomic E-state index is 0.108. The SMILES string of the molecule is Cc1ccc(S(=O)(=O)OC2CCC(C(=O)O)C2)cc1. The lowest BCUT2D eigenvalue weighted by molar-refractivity contribution is -0.141. The van der Waals surface area contributed by atoms with Crippen molar-refractivity contribution in [2.45, 2.75) is 37.2 Å². The summed E-state index contributed by atoms with van der Waals surface area (Å²) >= 11 is 0. The Balaban J connectivity index is 2.06. The quantitative estimate of drug-likeness (QED) is 0.855. The molecule has 6 heteroatoms. The highest BCUT2D eigenvalue weighted by molar-refractivity contribution is 7.86. The molecule has 0 radical (unpaired) electrons. The third-order valence-corrected chi connectivity index (χ3v) is 4.68. The van der Waals surface area contributed by atoms with Gasteiger partial charge in [-0.15, -0.1) is 0 Å². The Kier molecular flexibility index (Phi) is 3.91. The number of aliphatic carboxylic acids is 1. The van der Waals surface area contributed by atoms with Gasteiger partial charge in [0, 0.05) is 0 Å². The van der Waals surface area contributed by atoms with Crippen molar-refractivity contribution in [3.05, 3.63) is 29.8 Å². The van der Waals surface area contributed by atoms with Crippen LogP contribution >= 0.6 is 0 Å². The van der Waals surface area contributed by atoms with Crippen molar-refractivity contribution in [2.24, 2.45) is 5.92 Å². The number of hydrogen-bond donors (Lipinski definition) is 1. The number of benzene rings is 1. The Morgan fingerprint density at radius 1 is 1.26 bits per heavy atom. The Morgan fingerprint density at radius 3 is 2.42 bits per heavy atom. The zero-order chi connectivity index (χ0) is 14.0. The van der Waals surface area contributed by atoms with E-state index in [1.807, 2.05) is 6.92 Å². The highest BCUT2D eigenvalue weighted by atomic mass is 32.2. The highest BCUT2D eigenvalue weighted by Gasteiger charge is 2.33. The molecule has 2 atom stereocenters. The third kappa shape index (κ3) is 3.33. The lowest BCUT2D eigenvalue weighted by Gasteiger charge is -2.11. The van der Waals surface area contributed by atoms with Crippen LogP contribution in [0.1, 0.15) is 24.8 Å². The van der Waals surface area contributed by atoms with Crippen molar-refractivity contribution in [3.8, 4) is 0 Å². The van der Waals surface area contributed by atoms with E-state index >= 15 is 0 Å². The van der Waals surface area contributed by atoms with Gasteiger partial charge in [0.25, 0.3) is 10.1 Å². The van der Waals surface area contributed by atoms with E-state index in [2.05, 4.69) is 0 Å². The molecule has 1 fully saturated rings. The largest absolute Gasteiger partial charge is 0.481 e. The molecular formula is C13H16O5S. The molecule has 0 spiro atoms. The number of carboxylic acids is 1. The van der Waals surface area contributed by atoms with E-state index in [4.69, 9.17) is 9.29 Å². The maximum Gasteiger partial charge on any atom is 0.306 e. The highest BCUT2D eigenvalue weighted by Crippen LogP contribution is 2.30. The molecule has 2 rings (SSSR count). The Morgan fingerprint density at radius 2 is 1.89 bits per heavy atom. The lowest BCUT2D eigenvalue weighted by Crippen LogP contribution is -2.17. The van der Waals surface area contributed by atoms with Crippen molar-refractivity contribution < 1.29 is 22.5 Å². The minimum atomic E-state index is -3.80. The van der Waals surface area contributed by atoms with Crippen molar-refractivity contribution in [2.75, 3.05) is 0 Å². The lowest BCUT2D eigenvalue weighted by atomic mass is 10.1. The first-order valence-electron chi connectivity index (χ1n) is 6.11. The zero-order valence-corrected chi connectivity index (χ0v) is 11.4. The molecular weight excluding hydrogens is 268 g/mol. The van der Waals surface area contributed by atoms with Crippen molar-refractivity contribution in [3.63, 3.8) is 0 Å². The van der Waals surface area contributed by atoms with Gasteiger partial charge < -0.3 is 5.11 Å². The zero-order valence-electron chi connectivity index (χ0n) is 10.6. The van der Waals surface area contributed by atoms with Gasteiger partial charge in [0.05, 0.1) is 16.9 Å². The van der Waals surface area contributed by atoms with Gasteiger partial charge in [-0.05, 0) is 38.3 Å². The van der Waals surface area contributed by atoms with E-state index in [1.165, 1.54) is 12.1 Å². The summed E-state index contributed by atoms with van der Waals surface area (Å²) in [4.78, 5) is 10.9. The second-order valence-corrected chi connectivity index (χ2v) is 6.41. The van der Waals surface area contributed by atoms with E-state index in [0.717, 1.165) is 5.56 Å². The van der Waals surface area contributed by atoms with Crippen LogP contribution in [0, 0.1) is 12.8 Å².